The number of ketones is 1. The SMILES string of the molecule is COc1cccc2sc(C(=O)C3CCN(CC(O)C4=COC=C(C5=CC=CCC5)O4)CC3)nc12. The van der Waals surface area contributed by atoms with Crippen molar-refractivity contribution in [2.75, 3.05) is 26.7 Å². The van der Waals surface area contributed by atoms with Crippen molar-refractivity contribution >= 4 is 27.3 Å². The number of hydrogen-bond donors (Lipinski definition) is 1. The molecule has 2 aliphatic heterocycles. The smallest absolute Gasteiger partial charge is 0.194 e. The first-order valence-corrected chi connectivity index (χ1v) is 12.4. The second-order valence-electron chi connectivity index (χ2n) is 8.68. The van der Waals surface area contributed by atoms with Gasteiger partial charge < -0.3 is 24.2 Å². The number of piperidine rings is 1. The van der Waals surface area contributed by atoms with Crippen molar-refractivity contribution in [2.24, 2.45) is 5.92 Å². The molecular formula is C26H28N2O5S. The zero-order valence-corrected chi connectivity index (χ0v) is 19.9. The zero-order chi connectivity index (χ0) is 23.5. The van der Waals surface area contributed by atoms with Crippen molar-refractivity contribution in [3.8, 4) is 5.75 Å². The van der Waals surface area contributed by atoms with Crippen molar-refractivity contribution in [1.29, 1.82) is 0 Å². The standard InChI is InChI=1S/C26H28N2O5S/c1-31-20-8-5-9-23-24(20)27-26(34-23)25(30)18-10-12-28(13-11-18)14-19(29)22-16-32-15-21(33-22)17-6-3-2-4-7-17/h2-3,5-6,8-9,15-16,18-19,29H,4,7,10-14H2,1H3. The van der Waals surface area contributed by atoms with Crippen LogP contribution in [0.2, 0.25) is 0 Å². The summed E-state index contributed by atoms with van der Waals surface area (Å²) >= 11 is 1.42. The van der Waals surface area contributed by atoms with Crippen molar-refractivity contribution < 1.29 is 24.1 Å². The van der Waals surface area contributed by atoms with Gasteiger partial charge in [0.05, 0.1) is 11.8 Å². The van der Waals surface area contributed by atoms with Gasteiger partial charge in [-0.05, 0) is 56.5 Å². The Kier molecular flexibility index (Phi) is 6.80. The molecule has 1 atom stereocenters. The number of fused-ring (bicyclic) bond motifs is 1. The van der Waals surface area contributed by atoms with Crippen molar-refractivity contribution in [3.63, 3.8) is 0 Å². The van der Waals surface area contributed by atoms with Gasteiger partial charge in [0.1, 0.15) is 29.9 Å². The first kappa shape index (κ1) is 22.8. The maximum Gasteiger partial charge on any atom is 0.194 e. The molecule has 1 unspecified atom stereocenters. The molecule has 5 rings (SSSR count). The highest BCUT2D eigenvalue weighted by Gasteiger charge is 2.30. The summed E-state index contributed by atoms with van der Waals surface area (Å²) in [5, 5.41) is 11.3. The normalized spacial score (nSPS) is 20.1. The first-order valence-electron chi connectivity index (χ1n) is 11.6. The number of aliphatic hydroxyl groups is 1. The number of β-amino-alcohol motifs (C(OH)–C–C–N with tert-alkyl or cyclic N) is 1. The third-order valence-corrected chi connectivity index (χ3v) is 7.48. The van der Waals surface area contributed by atoms with Crippen LogP contribution in [0, 0.1) is 5.92 Å². The lowest BCUT2D eigenvalue weighted by atomic mass is 9.92. The van der Waals surface area contributed by atoms with E-state index >= 15 is 0 Å². The number of benzene rings is 1. The second-order valence-corrected chi connectivity index (χ2v) is 9.71. The molecule has 0 amide bonds. The largest absolute Gasteiger partial charge is 0.494 e. The summed E-state index contributed by atoms with van der Waals surface area (Å²) < 4.78 is 17.7. The zero-order valence-electron chi connectivity index (χ0n) is 19.1. The minimum atomic E-state index is -0.799. The Morgan fingerprint density at radius 2 is 2.18 bits per heavy atom. The number of nitrogens with zero attached hydrogens (tertiary/aromatic N) is 2. The highest BCUT2D eigenvalue weighted by Crippen LogP contribution is 2.33. The van der Waals surface area contributed by atoms with Crippen LogP contribution >= 0.6 is 11.3 Å². The van der Waals surface area contributed by atoms with E-state index in [0.29, 0.717) is 28.8 Å². The van der Waals surface area contributed by atoms with Gasteiger partial charge in [-0.15, -0.1) is 11.3 Å². The van der Waals surface area contributed by atoms with Crippen LogP contribution in [-0.4, -0.2) is 53.6 Å². The molecule has 178 valence electrons. The lowest BCUT2D eigenvalue weighted by molar-refractivity contribution is 0.0603. The van der Waals surface area contributed by atoms with Crippen LogP contribution in [0.3, 0.4) is 0 Å². The van der Waals surface area contributed by atoms with Crippen LogP contribution in [0.4, 0.5) is 0 Å². The molecule has 7 nitrogen and oxygen atoms in total. The van der Waals surface area contributed by atoms with E-state index in [1.165, 1.54) is 17.6 Å². The third-order valence-electron chi connectivity index (χ3n) is 6.45. The van der Waals surface area contributed by atoms with E-state index in [0.717, 1.165) is 54.6 Å². The number of rotatable bonds is 7. The molecule has 1 aromatic heterocycles. The fraction of sp³-hybridized carbons (Fsp3) is 0.385. The molecule has 3 heterocycles. The molecule has 0 bridgehead atoms. The van der Waals surface area contributed by atoms with Gasteiger partial charge in [-0.2, -0.15) is 0 Å². The number of allylic oxidation sites excluding steroid dienone is 4. The molecule has 0 spiro atoms. The number of carbonyl (C=O) groups is 1. The van der Waals surface area contributed by atoms with Crippen LogP contribution in [0.15, 0.2) is 66.0 Å². The van der Waals surface area contributed by atoms with Gasteiger partial charge in [0.25, 0.3) is 0 Å². The average molecular weight is 481 g/mol. The minimum absolute atomic E-state index is 0.0609. The summed E-state index contributed by atoms with van der Waals surface area (Å²) in [6, 6.07) is 5.73. The van der Waals surface area contributed by atoms with Gasteiger partial charge in [0, 0.05) is 12.5 Å². The van der Waals surface area contributed by atoms with Crippen LogP contribution in [0.5, 0.6) is 5.75 Å². The van der Waals surface area contributed by atoms with Gasteiger partial charge in [0.15, 0.2) is 22.3 Å². The Balaban J connectivity index is 1.15. The van der Waals surface area contributed by atoms with Gasteiger partial charge in [-0.1, -0.05) is 24.3 Å². The number of aliphatic hydroxyl groups excluding tert-OH is 1. The minimum Gasteiger partial charge on any atom is -0.494 e. The topological polar surface area (TPSA) is 81.1 Å². The van der Waals surface area contributed by atoms with Gasteiger partial charge >= 0.3 is 0 Å². The fourth-order valence-electron chi connectivity index (χ4n) is 4.51. The van der Waals surface area contributed by atoms with E-state index < -0.39 is 6.10 Å². The van der Waals surface area contributed by atoms with E-state index in [2.05, 4.69) is 16.0 Å². The Hall–Kier alpha value is -2.94. The summed E-state index contributed by atoms with van der Waals surface area (Å²) in [4.78, 5) is 19.8. The number of thiazole rings is 1. The molecule has 1 saturated heterocycles. The lowest BCUT2D eigenvalue weighted by Crippen LogP contribution is -2.41. The molecule has 0 radical (unpaired) electrons. The third kappa shape index (κ3) is 4.80. The lowest BCUT2D eigenvalue weighted by Gasteiger charge is -2.33. The van der Waals surface area contributed by atoms with Gasteiger partial charge in [-0.3, -0.25) is 4.79 Å². The van der Waals surface area contributed by atoms with E-state index in [4.69, 9.17) is 14.2 Å². The summed E-state index contributed by atoms with van der Waals surface area (Å²) in [5.41, 5.74) is 1.81. The number of ether oxygens (including phenoxy) is 3. The monoisotopic (exact) mass is 480 g/mol. The van der Waals surface area contributed by atoms with E-state index in [1.54, 1.807) is 13.4 Å². The molecule has 1 aromatic carbocycles. The first-order chi connectivity index (χ1) is 16.6. The Labute approximate surface area is 202 Å². The molecule has 1 aliphatic carbocycles. The van der Waals surface area contributed by atoms with Gasteiger partial charge in [-0.25, -0.2) is 4.98 Å². The summed E-state index contributed by atoms with van der Waals surface area (Å²) in [7, 11) is 1.61. The Bertz CT molecular complexity index is 1190. The number of para-hydroxylation sites is 1. The number of carbonyl (C=O) groups excluding carboxylic acids is 1. The fourth-order valence-corrected chi connectivity index (χ4v) is 5.52. The summed E-state index contributed by atoms with van der Waals surface area (Å²) in [6.07, 6.45) is 11.7. The molecule has 34 heavy (non-hydrogen) atoms. The summed E-state index contributed by atoms with van der Waals surface area (Å²) in [6.45, 7) is 1.89. The number of aromatic nitrogens is 1. The Morgan fingerprint density at radius 3 is 2.94 bits per heavy atom. The van der Waals surface area contributed by atoms with E-state index in [9.17, 15) is 9.90 Å². The number of methoxy groups -OCH3 is 1. The molecule has 8 heteroatoms. The summed E-state index contributed by atoms with van der Waals surface area (Å²) in [5.74, 6) is 1.79. The molecule has 1 fully saturated rings. The molecule has 2 aromatic rings. The maximum absolute atomic E-state index is 13.1. The van der Waals surface area contributed by atoms with Crippen LogP contribution in [0.1, 0.15) is 35.5 Å². The van der Waals surface area contributed by atoms with E-state index in [-0.39, 0.29) is 11.7 Å². The highest BCUT2D eigenvalue weighted by molar-refractivity contribution is 7.20. The average Bonchev–Trinajstić information content (AvgIpc) is 3.34. The maximum atomic E-state index is 13.1. The molecular weight excluding hydrogens is 452 g/mol. The predicted octanol–water partition coefficient (Wildman–Crippen LogP) is 4.57. The van der Waals surface area contributed by atoms with Gasteiger partial charge in [0.2, 0.25) is 0 Å². The molecule has 3 aliphatic rings. The highest BCUT2D eigenvalue weighted by atomic mass is 32.1. The molecule has 0 saturated carbocycles. The Morgan fingerprint density at radius 1 is 1.32 bits per heavy atom. The quantitative estimate of drug-likeness (QED) is 0.582. The molecule has 1 N–H and O–H groups in total. The van der Waals surface area contributed by atoms with Crippen LogP contribution < -0.4 is 4.74 Å². The number of Topliss-reactive ketones (excluding diaryl/α,β-unsaturated/α-hetero) is 1. The van der Waals surface area contributed by atoms with E-state index in [1.807, 2.05) is 30.4 Å². The number of likely N-dealkylation sites (tertiary alicyclic amines) is 1. The second kappa shape index (κ2) is 10.1. The number of hydrogen-bond acceptors (Lipinski definition) is 8. The van der Waals surface area contributed by atoms with Crippen LogP contribution in [-0.2, 0) is 9.47 Å². The van der Waals surface area contributed by atoms with Crippen molar-refractivity contribution in [1.82, 2.24) is 9.88 Å². The van der Waals surface area contributed by atoms with Crippen molar-refractivity contribution in [2.45, 2.75) is 31.8 Å². The van der Waals surface area contributed by atoms with Crippen LogP contribution in [0.25, 0.3) is 10.2 Å². The predicted molar refractivity (Wildman–Crippen MR) is 130 cm³/mol. The van der Waals surface area contributed by atoms with Crippen molar-refractivity contribution in [3.05, 3.63) is 71.1 Å².